The Balaban J connectivity index is 0.00000306. The average molecular weight is 505 g/mol. The van der Waals surface area contributed by atoms with Crippen LogP contribution in [0.1, 0.15) is 27.9 Å². The first-order valence-corrected chi connectivity index (χ1v) is 11.6. The summed E-state index contributed by atoms with van der Waals surface area (Å²) in [4.78, 5) is 28.5. The zero-order valence-corrected chi connectivity index (χ0v) is 20.1. The first kappa shape index (κ1) is 25.2. The topological polar surface area (TPSA) is 63.4 Å². The lowest BCUT2D eigenvalue weighted by Gasteiger charge is -2.25. The average Bonchev–Trinajstić information content (AvgIpc) is 2.91. The van der Waals surface area contributed by atoms with Gasteiger partial charge in [-0.3, -0.25) is 9.59 Å². The molecule has 0 aromatic heterocycles. The van der Waals surface area contributed by atoms with Crippen LogP contribution < -0.4 is 10.6 Å². The van der Waals surface area contributed by atoms with Crippen molar-refractivity contribution < 1.29 is 14.0 Å². The van der Waals surface area contributed by atoms with Crippen molar-refractivity contribution in [3.63, 3.8) is 0 Å². The summed E-state index contributed by atoms with van der Waals surface area (Å²) in [5.41, 5.74) is 9.16. The number of fused-ring (bicyclic) bond motifs is 1. The Morgan fingerprint density at radius 1 is 1.06 bits per heavy atom. The largest absolute Gasteiger partial charge is 0.319 e. The molecular formula is C25H23Cl2FN2O2S. The molecule has 1 aliphatic heterocycles. The van der Waals surface area contributed by atoms with Crippen LogP contribution in [-0.2, 0) is 17.8 Å². The van der Waals surface area contributed by atoms with Gasteiger partial charge in [-0.15, -0.1) is 24.2 Å². The molecule has 8 heteroatoms. The number of benzene rings is 3. The van der Waals surface area contributed by atoms with E-state index in [0.29, 0.717) is 41.4 Å². The number of halogens is 3. The fraction of sp³-hybridized carbons (Fsp3) is 0.200. The first-order valence-electron chi connectivity index (χ1n) is 10.3. The highest BCUT2D eigenvalue weighted by Gasteiger charge is 2.29. The van der Waals surface area contributed by atoms with Gasteiger partial charge in [0.2, 0.25) is 5.91 Å². The molecule has 33 heavy (non-hydrogen) atoms. The number of hydrogen-bond donors (Lipinski definition) is 1. The molecule has 2 N–H and O–H groups in total. The maximum absolute atomic E-state index is 13.1. The molecule has 172 valence electrons. The highest BCUT2D eigenvalue weighted by atomic mass is 35.5. The molecule has 3 aromatic carbocycles. The van der Waals surface area contributed by atoms with E-state index in [9.17, 15) is 14.0 Å². The molecule has 4 nitrogen and oxygen atoms in total. The zero-order valence-electron chi connectivity index (χ0n) is 17.7. The number of aryl methyl sites for hydroxylation is 1. The monoisotopic (exact) mass is 504 g/mol. The minimum absolute atomic E-state index is 0. The molecule has 0 saturated carbocycles. The Kier molecular flexibility index (Phi) is 8.54. The van der Waals surface area contributed by atoms with Gasteiger partial charge in [0.15, 0.2) is 5.78 Å². The second-order valence-corrected chi connectivity index (χ2v) is 9.20. The molecule has 0 bridgehead atoms. The van der Waals surface area contributed by atoms with Gasteiger partial charge in [0.25, 0.3) is 0 Å². The Labute approximate surface area is 207 Å². The number of hydrogen-bond acceptors (Lipinski definition) is 4. The normalized spacial score (nSPS) is 15.4. The van der Waals surface area contributed by atoms with E-state index in [1.165, 1.54) is 23.9 Å². The fourth-order valence-corrected chi connectivity index (χ4v) is 4.69. The van der Waals surface area contributed by atoms with E-state index in [1.54, 1.807) is 41.3 Å². The summed E-state index contributed by atoms with van der Waals surface area (Å²) in [6.45, 7) is 0.338. The highest BCUT2D eigenvalue weighted by molar-refractivity contribution is 7.99. The van der Waals surface area contributed by atoms with Crippen LogP contribution in [0.2, 0.25) is 5.02 Å². The second-order valence-electron chi connectivity index (χ2n) is 7.70. The SMILES string of the molecule is Cl.N[C@H]1CSc2ccc(C(=O)CCc3ccc(F)cc3)cc2N(Cc2ccc(Cl)cc2)C1=O. The predicted octanol–water partition coefficient (Wildman–Crippen LogP) is 5.68. The van der Waals surface area contributed by atoms with Gasteiger partial charge in [0.1, 0.15) is 5.82 Å². The van der Waals surface area contributed by atoms with Gasteiger partial charge < -0.3 is 10.6 Å². The van der Waals surface area contributed by atoms with Crippen molar-refractivity contribution in [1.29, 1.82) is 0 Å². The molecule has 4 rings (SSSR count). The van der Waals surface area contributed by atoms with Gasteiger partial charge in [-0.25, -0.2) is 4.39 Å². The molecule has 1 amide bonds. The molecule has 1 aliphatic rings. The molecule has 0 aliphatic carbocycles. The van der Waals surface area contributed by atoms with Gasteiger partial charge in [0, 0.05) is 27.7 Å². The lowest BCUT2D eigenvalue weighted by Crippen LogP contribution is -2.44. The van der Waals surface area contributed by atoms with Crippen molar-refractivity contribution >= 4 is 53.1 Å². The van der Waals surface area contributed by atoms with Crippen molar-refractivity contribution in [3.8, 4) is 0 Å². The molecule has 1 heterocycles. The summed E-state index contributed by atoms with van der Waals surface area (Å²) in [5.74, 6) is -0.0375. The third kappa shape index (κ3) is 6.15. The van der Waals surface area contributed by atoms with Gasteiger partial charge in [-0.1, -0.05) is 41.9 Å². The van der Waals surface area contributed by atoms with Crippen LogP contribution >= 0.6 is 35.8 Å². The molecule has 0 spiro atoms. The highest BCUT2D eigenvalue weighted by Crippen LogP contribution is 2.36. The summed E-state index contributed by atoms with van der Waals surface area (Å²) >= 11 is 7.51. The Bertz CT molecular complexity index is 1140. The lowest BCUT2D eigenvalue weighted by molar-refractivity contribution is -0.119. The minimum Gasteiger partial charge on any atom is -0.319 e. The number of nitrogens with zero attached hydrogens (tertiary/aromatic N) is 1. The van der Waals surface area contributed by atoms with E-state index >= 15 is 0 Å². The minimum atomic E-state index is -0.627. The van der Waals surface area contributed by atoms with Crippen LogP contribution in [0.5, 0.6) is 0 Å². The Morgan fingerprint density at radius 2 is 1.73 bits per heavy atom. The van der Waals surface area contributed by atoms with Crippen LogP contribution in [0.3, 0.4) is 0 Å². The van der Waals surface area contributed by atoms with Crippen LogP contribution in [0.4, 0.5) is 10.1 Å². The number of rotatable bonds is 6. The molecule has 1 atom stereocenters. The summed E-state index contributed by atoms with van der Waals surface area (Å²) in [7, 11) is 0. The first-order chi connectivity index (χ1) is 15.4. The van der Waals surface area contributed by atoms with Crippen LogP contribution in [-0.4, -0.2) is 23.5 Å². The number of carbonyl (C=O) groups excluding carboxylic acids is 2. The molecule has 0 radical (unpaired) electrons. The van der Waals surface area contributed by atoms with Crippen LogP contribution in [0.15, 0.2) is 71.6 Å². The van der Waals surface area contributed by atoms with E-state index in [1.807, 2.05) is 18.2 Å². The number of nitrogens with two attached hydrogens (primary N) is 1. The second kappa shape index (κ2) is 11.2. The molecule has 0 saturated heterocycles. The van der Waals surface area contributed by atoms with Crippen molar-refractivity contribution in [3.05, 3.63) is 94.3 Å². The summed E-state index contributed by atoms with van der Waals surface area (Å²) in [6, 6.07) is 18.3. The summed E-state index contributed by atoms with van der Waals surface area (Å²) in [6.07, 6.45) is 0.811. The smallest absolute Gasteiger partial charge is 0.245 e. The number of thioether (sulfide) groups is 1. The third-order valence-electron chi connectivity index (χ3n) is 5.38. The number of amides is 1. The quantitative estimate of drug-likeness (QED) is 0.438. The number of Topliss-reactive ketones (excluding diaryl/α,β-unsaturated/α-hetero) is 1. The van der Waals surface area contributed by atoms with E-state index in [-0.39, 0.29) is 29.9 Å². The van der Waals surface area contributed by atoms with Crippen molar-refractivity contribution in [2.24, 2.45) is 5.73 Å². The maximum Gasteiger partial charge on any atom is 0.245 e. The maximum atomic E-state index is 13.1. The van der Waals surface area contributed by atoms with Gasteiger partial charge >= 0.3 is 0 Å². The number of anilines is 1. The Hall–Kier alpha value is -2.38. The lowest BCUT2D eigenvalue weighted by atomic mass is 10.0. The third-order valence-corrected chi connectivity index (χ3v) is 6.82. The molecule has 0 fully saturated rings. The Morgan fingerprint density at radius 3 is 2.42 bits per heavy atom. The van der Waals surface area contributed by atoms with E-state index in [2.05, 4.69) is 0 Å². The summed E-state index contributed by atoms with van der Waals surface area (Å²) < 4.78 is 13.1. The van der Waals surface area contributed by atoms with Crippen molar-refractivity contribution in [1.82, 2.24) is 0 Å². The predicted molar refractivity (Wildman–Crippen MR) is 134 cm³/mol. The number of ketones is 1. The zero-order chi connectivity index (χ0) is 22.7. The molecular weight excluding hydrogens is 482 g/mol. The standard InChI is InChI=1S/C25H22ClFN2O2S.ClH/c26-19-7-1-17(2-8-19)14-29-22-13-18(6-12-24(22)32-15-21(28)25(29)31)23(30)11-5-16-3-9-20(27)10-4-16;/h1-4,6-10,12-13,21H,5,11,14-15,28H2;1H/t21-;/m0./s1. The van der Waals surface area contributed by atoms with Crippen molar-refractivity contribution in [2.75, 3.05) is 10.7 Å². The number of carbonyl (C=O) groups is 2. The van der Waals surface area contributed by atoms with Crippen LogP contribution in [0, 0.1) is 5.82 Å². The van der Waals surface area contributed by atoms with Gasteiger partial charge in [-0.05, 0) is 53.9 Å². The van der Waals surface area contributed by atoms with Gasteiger partial charge in [0.05, 0.1) is 18.3 Å². The fourth-order valence-electron chi connectivity index (χ4n) is 3.58. The van der Waals surface area contributed by atoms with Crippen molar-refractivity contribution in [2.45, 2.75) is 30.3 Å². The molecule has 3 aromatic rings. The van der Waals surface area contributed by atoms with E-state index in [4.69, 9.17) is 17.3 Å². The van der Waals surface area contributed by atoms with Gasteiger partial charge in [-0.2, -0.15) is 0 Å². The summed E-state index contributed by atoms with van der Waals surface area (Å²) in [5, 5.41) is 0.623. The molecule has 0 unspecified atom stereocenters. The van der Waals surface area contributed by atoms with E-state index in [0.717, 1.165) is 16.0 Å². The van der Waals surface area contributed by atoms with Crippen LogP contribution in [0.25, 0.3) is 0 Å². The van der Waals surface area contributed by atoms with E-state index < -0.39 is 6.04 Å².